The number of benzene rings is 2. The molecule has 1 heterocycles. The van der Waals surface area contributed by atoms with Crippen LogP contribution in [0.25, 0.3) is 0 Å². The fraction of sp³-hybridized carbons (Fsp3) is 0.486. The van der Waals surface area contributed by atoms with Gasteiger partial charge >= 0.3 is 12.2 Å². The van der Waals surface area contributed by atoms with E-state index >= 15 is 0 Å². The number of carbonyl (C=O) groups is 3. The molecule has 54 heavy (non-hydrogen) atoms. The second-order valence-corrected chi connectivity index (χ2v) is 16.8. The Hall–Kier alpha value is -4.71. The van der Waals surface area contributed by atoms with E-state index in [9.17, 15) is 36.0 Å². The van der Waals surface area contributed by atoms with Crippen molar-refractivity contribution in [3.05, 3.63) is 64.7 Å². The number of sulfonamides is 1. The second kappa shape index (κ2) is 15.2. The molecule has 2 atom stereocenters. The van der Waals surface area contributed by atoms with Crippen molar-refractivity contribution in [3.63, 3.8) is 0 Å². The molecule has 19 heteroatoms. The summed E-state index contributed by atoms with van der Waals surface area (Å²) in [7, 11) is -3.86. The van der Waals surface area contributed by atoms with Gasteiger partial charge in [0.05, 0.1) is 10.8 Å². The van der Waals surface area contributed by atoms with Gasteiger partial charge in [0.15, 0.2) is 6.61 Å². The summed E-state index contributed by atoms with van der Waals surface area (Å²) in [6, 6.07) is 12.8. The molecule has 5 N–H and O–H groups in total. The van der Waals surface area contributed by atoms with Crippen molar-refractivity contribution in [3.8, 4) is 6.01 Å². The molecule has 3 amide bonds. The quantitative estimate of drug-likeness (QED) is 0.116. The monoisotopic (exact) mass is 792 g/mol. The van der Waals surface area contributed by atoms with E-state index in [0.29, 0.717) is 22.7 Å². The topological polar surface area (TPSA) is 193 Å². The zero-order valence-electron chi connectivity index (χ0n) is 29.4. The lowest BCUT2D eigenvalue weighted by Gasteiger charge is -2.20. The molecule has 0 radical (unpaired) electrons. The van der Waals surface area contributed by atoms with E-state index in [-0.39, 0.29) is 43.1 Å². The van der Waals surface area contributed by atoms with Gasteiger partial charge in [-0.05, 0) is 106 Å². The summed E-state index contributed by atoms with van der Waals surface area (Å²) in [6.07, 6.45) is -0.649. The molecule has 6 rings (SSSR count). The number of anilines is 3. The standard InChI is InChI=1S/C35H40ClF3N8O6S/c1-20(2)54(51,52)47-29(50)34(18-26(34)21-5-6-21)45-27(48)4-3-17-40-28(49)22-7-13-25(14-8-22)41-30-42-31(44-32(43-30)53-19-35(37,38)39)46-33(15-16-33)23-9-11-24(36)12-10-23/h7-14,20-21,26H,3-6,15-19H2,1-2H3,(H,40,49)(H,45,48)(H,47,50)(H2,41,42,43,44,46)/t26-,34+/m0/s1. The molecule has 0 aliphatic heterocycles. The molecule has 3 aromatic rings. The number of rotatable bonds is 17. The molecule has 2 aromatic carbocycles. The minimum atomic E-state index is -4.62. The molecule has 3 fully saturated rings. The van der Waals surface area contributed by atoms with Crippen molar-refractivity contribution in [1.29, 1.82) is 0 Å². The first-order valence-corrected chi connectivity index (χ1v) is 19.4. The van der Waals surface area contributed by atoms with Gasteiger partial charge in [0.25, 0.3) is 11.8 Å². The third-order valence-electron chi connectivity index (χ3n) is 9.58. The average Bonchev–Trinajstić information content (AvgIpc) is 3.98. The first-order valence-electron chi connectivity index (χ1n) is 17.5. The Balaban J connectivity index is 1.02. The minimum absolute atomic E-state index is 0.000765. The van der Waals surface area contributed by atoms with Gasteiger partial charge in [-0.3, -0.25) is 19.1 Å². The van der Waals surface area contributed by atoms with Crippen LogP contribution in [-0.4, -0.2) is 71.2 Å². The summed E-state index contributed by atoms with van der Waals surface area (Å²) in [4.78, 5) is 51.0. The first-order chi connectivity index (χ1) is 25.5. The maximum absolute atomic E-state index is 13.0. The van der Waals surface area contributed by atoms with Crippen molar-refractivity contribution >= 4 is 56.9 Å². The molecular weight excluding hydrogens is 753 g/mol. The van der Waals surface area contributed by atoms with Crippen LogP contribution in [0.3, 0.4) is 0 Å². The van der Waals surface area contributed by atoms with Gasteiger partial charge in [-0.1, -0.05) is 23.7 Å². The summed E-state index contributed by atoms with van der Waals surface area (Å²) >= 11 is 6.03. The van der Waals surface area contributed by atoms with Crippen molar-refractivity contribution in [2.75, 3.05) is 23.8 Å². The number of aromatic nitrogens is 3. The molecule has 0 spiro atoms. The smallest absolute Gasteiger partial charge is 0.422 e. The van der Waals surface area contributed by atoms with Crippen molar-refractivity contribution < 1.29 is 40.7 Å². The van der Waals surface area contributed by atoms with Crippen LogP contribution < -0.4 is 30.7 Å². The van der Waals surface area contributed by atoms with Crippen LogP contribution in [-0.2, 0) is 25.2 Å². The summed E-state index contributed by atoms with van der Waals surface area (Å²) in [5.74, 6) is -1.47. The SMILES string of the molecule is CC(C)S(=O)(=O)NC(=O)[C@@]1(NC(=O)CCCNC(=O)c2ccc(Nc3nc(NC4(c5ccc(Cl)cc5)CC4)nc(OCC(F)(F)F)n3)cc2)C[C@H]1C1CC1. The zero-order valence-corrected chi connectivity index (χ0v) is 31.0. The Kier molecular flexibility index (Phi) is 11.0. The number of nitrogens with one attached hydrogen (secondary N) is 5. The highest BCUT2D eigenvalue weighted by atomic mass is 35.5. The van der Waals surface area contributed by atoms with E-state index in [4.69, 9.17) is 16.3 Å². The molecule has 0 unspecified atom stereocenters. The molecule has 1 aromatic heterocycles. The van der Waals surface area contributed by atoms with Gasteiger partial charge in [-0.2, -0.15) is 28.1 Å². The number of amides is 3. The van der Waals surface area contributed by atoms with Crippen molar-refractivity contribution in [2.45, 2.75) is 81.3 Å². The Bertz CT molecular complexity index is 1990. The molecule has 3 aliphatic carbocycles. The largest absolute Gasteiger partial charge is 0.454 e. The van der Waals surface area contributed by atoms with Gasteiger partial charge in [0.2, 0.25) is 27.8 Å². The van der Waals surface area contributed by atoms with Gasteiger partial charge in [0.1, 0.15) is 5.54 Å². The fourth-order valence-corrected chi connectivity index (χ4v) is 6.93. The van der Waals surface area contributed by atoms with Crippen LogP contribution in [0.15, 0.2) is 48.5 Å². The molecule has 290 valence electrons. The van der Waals surface area contributed by atoms with Crippen LogP contribution >= 0.6 is 11.6 Å². The lowest BCUT2D eigenvalue weighted by atomic mass is 10.1. The summed E-state index contributed by atoms with van der Waals surface area (Å²) in [6.45, 7) is 1.47. The maximum atomic E-state index is 13.0. The molecule has 3 saturated carbocycles. The summed E-state index contributed by atoms with van der Waals surface area (Å²) in [5, 5.41) is 11.4. The number of halogens is 4. The third-order valence-corrected chi connectivity index (χ3v) is 11.5. The fourth-order valence-electron chi connectivity index (χ4n) is 6.13. The Morgan fingerprint density at radius 3 is 2.26 bits per heavy atom. The van der Waals surface area contributed by atoms with E-state index < -0.39 is 62.9 Å². The Morgan fingerprint density at radius 2 is 1.65 bits per heavy atom. The zero-order chi connectivity index (χ0) is 38.9. The lowest BCUT2D eigenvalue weighted by Crippen LogP contribution is -2.53. The highest BCUT2D eigenvalue weighted by molar-refractivity contribution is 7.90. The number of hydrogen-bond acceptors (Lipinski definition) is 11. The molecule has 3 aliphatic rings. The predicted molar refractivity (Wildman–Crippen MR) is 193 cm³/mol. The third kappa shape index (κ3) is 9.68. The normalized spacial score (nSPS) is 20.1. The highest BCUT2D eigenvalue weighted by Crippen LogP contribution is 2.57. The molecule has 0 saturated heterocycles. The van der Waals surface area contributed by atoms with E-state index in [1.165, 1.54) is 26.0 Å². The van der Waals surface area contributed by atoms with Crippen LogP contribution in [0.5, 0.6) is 6.01 Å². The first kappa shape index (κ1) is 39.0. The number of carbonyl (C=O) groups excluding carboxylic acids is 3. The predicted octanol–water partition coefficient (Wildman–Crippen LogP) is 4.96. The van der Waals surface area contributed by atoms with Crippen molar-refractivity contribution in [1.82, 2.24) is 30.3 Å². The minimum Gasteiger partial charge on any atom is -0.454 e. The maximum Gasteiger partial charge on any atom is 0.422 e. The number of hydrogen-bond donors (Lipinski definition) is 5. The Morgan fingerprint density at radius 1 is 0.981 bits per heavy atom. The second-order valence-electron chi connectivity index (χ2n) is 14.1. The average molecular weight is 793 g/mol. The van der Waals surface area contributed by atoms with Gasteiger partial charge in [-0.15, -0.1) is 0 Å². The van der Waals surface area contributed by atoms with Crippen LogP contribution in [0.2, 0.25) is 5.02 Å². The molecule has 14 nitrogen and oxygen atoms in total. The van der Waals surface area contributed by atoms with E-state index in [0.717, 1.165) is 31.2 Å². The Labute approximate surface area is 314 Å². The van der Waals surface area contributed by atoms with E-state index in [2.05, 4.69) is 40.9 Å². The van der Waals surface area contributed by atoms with Crippen LogP contribution in [0.1, 0.15) is 74.7 Å². The van der Waals surface area contributed by atoms with E-state index in [1.807, 2.05) is 12.1 Å². The number of nitrogens with zero attached hydrogens (tertiary/aromatic N) is 3. The van der Waals surface area contributed by atoms with E-state index in [1.54, 1.807) is 24.3 Å². The van der Waals surface area contributed by atoms with Crippen LogP contribution in [0.4, 0.5) is 30.8 Å². The van der Waals surface area contributed by atoms with Gasteiger partial charge in [0, 0.05) is 29.2 Å². The molecule has 0 bridgehead atoms. The number of ether oxygens (including phenoxy) is 1. The number of alkyl halides is 3. The molecular formula is C35H40ClF3N8O6S. The summed E-state index contributed by atoms with van der Waals surface area (Å²) < 4.78 is 70.4. The highest BCUT2D eigenvalue weighted by Gasteiger charge is 2.66. The van der Waals surface area contributed by atoms with Gasteiger partial charge < -0.3 is 26.0 Å². The van der Waals surface area contributed by atoms with Gasteiger partial charge in [-0.25, -0.2) is 8.42 Å². The lowest BCUT2D eigenvalue weighted by molar-refractivity contribution is -0.154. The van der Waals surface area contributed by atoms with Crippen LogP contribution in [0, 0.1) is 11.8 Å². The van der Waals surface area contributed by atoms with Crippen molar-refractivity contribution in [2.24, 2.45) is 11.8 Å². The summed E-state index contributed by atoms with van der Waals surface area (Å²) in [5.41, 5.74) is -0.150.